The lowest BCUT2D eigenvalue weighted by Crippen LogP contribution is -2.44. The van der Waals surface area contributed by atoms with Gasteiger partial charge in [-0.15, -0.1) is 0 Å². The molecule has 1 aliphatic rings. The molecular weight excluding hydrogens is 412 g/mol. The van der Waals surface area contributed by atoms with Gasteiger partial charge < -0.3 is 20.9 Å². The summed E-state index contributed by atoms with van der Waals surface area (Å²) in [6, 6.07) is 11.4. The van der Waals surface area contributed by atoms with E-state index in [1.165, 1.54) is 12.1 Å². The van der Waals surface area contributed by atoms with Crippen molar-refractivity contribution in [2.45, 2.75) is 45.3 Å². The molecule has 1 saturated heterocycles. The van der Waals surface area contributed by atoms with Crippen molar-refractivity contribution < 1.29 is 13.6 Å². The smallest absolute Gasteiger partial charge is 0.251 e. The average molecular weight is 444 g/mol. The number of hydrogen-bond donors (Lipinski definition) is 3. The number of aliphatic imine (C=N–C) groups is 1. The Labute approximate surface area is 188 Å². The summed E-state index contributed by atoms with van der Waals surface area (Å²) in [5, 5.41) is 9.59. The quantitative estimate of drug-likeness (QED) is 0.453. The number of nitrogens with one attached hydrogen (secondary N) is 3. The van der Waals surface area contributed by atoms with E-state index in [-0.39, 0.29) is 18.0 Å². The highest BCUT2D eigenvalue weighted by atomic mass is 19.1. The van der Waals surface area contributed by atoms with Crippen LogP contribution >= 0.6 is 0 Å². The van der Waals surface area contributed by atoms with Crippen LogP contribution in [0.2, 0.25) is 0 Å². The maximum Gasteiger partial charge on any atom is 0.251 e. The van der Waals surface area contributed by atoms with Crippen LogP contribution in [-0.4, -0.2) is 44.1 Å². The van der Waals surface area contributed by atoms with Crippen molar-refractivity contribution in [3.63, 3.8) is 0 Å². The average Bonchev–Trinajstić information content (AvgIpc) is 3.24. The largest absolute Gasteiger partial charge is 0.367 e. The second-order valence-electron chi connectivity index (χ2n) is 8.08. The number of benzene rings is 2. The topological polar surface area (TPSA) is 68.8 Å². The maximum atomic E-state index is 14.1. The SMILES string of the molecule is CCC(C)NC(=O)c1ccc(CNC(=NC)NC2CCN(c3ccc(F)cc3F)C2)cc1. The van der Waals surface area contributed by atoms with Crippen molar-refractivity contribution in [1.82, 2.24) is 16.0 Å². The second-order valence-corrected chi connectivity index (χ2v) is 8.08. The van der Waals surface area contributed by atoms with Gasteiger partial charge in [0, 0.05) is 50.4 Å². The lowest BCUT2D eigenvalue weighted by molar-refractivity contribution is 0.0939. The molecule has 0 saturated carbocycles. The van der Waals surface area contributed by atoms with E-state index in [9.17, 15) is 13.6 Å². The summed E-state index contributed by atoms with van der Waals surface area (Å²) in [5.41, 5.74) is 2.07. The Balaban J connectivity index is 1.49. The van der Waals surface area contributed by atoms with E-state index in [1.54, 1.807) is 7.05 Å². The van der Waals surface area contributed by atoms with Crippen LogP contribution in [0.5, 0.6) is 0 Å². The first-order valence-electron chi connectivity index (χ1n) is 11.0. The number of hydrogen-bond acceptors (Lipinski definition) is 3. The van der Waals surface area contributed by atoms with E-state index in [4.69, 9.17) is 0 Å². The molecule has 0 spiro atoms. The van der Waals surface area contributed by atoms with Crippen molar-refractivity contribution >= 4 is 17.6 Å². The number of carbonyl (C=O) groups is 1. The number of guanidine groups is 1. The van der Waals surface area contributed by atoms with Gasteiger partial charge in [0.05, 0.1) is 5.69 Å². The number of halogens is 2. The molecule has 1 heterocycles. The third kappa shape index (κ3) is 6.18. The molecule has 2 unspecified atom stereocenters. The molecule has 0 aromatic heterocycles. The van der Waals surface area contributed by atoms with E-state index >= 15 is 0 Å². The predicted octanol–water partition coefficient (Wildman–Crippen LogP) is 3.44. The fourth-order valence-electron chi connectivity index (χ4n) is 3.59. The minimum atomic E-state index is -0.575. The van der Waals surface area contributed by atoms with E-state index in [2.05, 4.69) is 20.9 Å². The Morgan fingerprint density at radius 2 is 1.97 bits per heavy atom. The van der Waals surface area contributed by atoms with Gasteiger partial charge in [0.25, 0.3) is 5.91 Å². The molecule has 1 aliphatic heterocycles. The minimum Gasteiger partial charge on any atom is -0.367 e. The Morgan fingerprint density at radius 3 is 2.62 bits per heavy atom. The van der Waals surface area contributed by atoms with Crippen molar-refractivity contribution in [3.05, 3.63) is 65.2 Å². The molecule has 3 rings (SSSR count). The standard InChI is InChI=1S/C24H31F2N5O/c1-4-16(2)29-23(32)18-7-5-17(6-8-18)14-28-24(27-3)30-20-11-12-31(15-20)22-10-9-19(25)13-21(22)26/h5-10,13,16,20H,4,11-12,14-15H2,1-3H3,(H,29,32)(H2,27,28,30). The van der Waals surface area contributed by atoms with E-state index in [1.807, 2.05) is 43.0 Å². The van der Waals surface area contributed by atoms with Crippen molar-refractivity contribution in [2.24, 2.45) is 4.99 Å². The van der Waals surface area contributed by atoms with Gasteiger partial charge in [0.2, 0.25) is 0 Å². The Kier molecular flexibility index (Phi) is 8.03. The van der Waals surface area contributed by atoms with E-state index < -0.39 is 11.6 Å². The van der Waals surface area contributed by atoms with Gasteiger partial charge in [-0.3, -0.25) is 9.79 Å². The Bertz CT molecular complexity index is 948. The predicted molar refractivity (Wildman–Crippen MR) is 124 cm³/mol. The van der Waals surface area contributed by atoms with Gasteiger partial charge >= 0.3 is 0 Å². The molecule has 8 heteroatoms. The van der Waals surface area contributed by atoms with Gasteiger partial charge in [-0.2, -0.15) is 0 Å². The van der Waals surface area contributed by atoms with E-state index in [0.29, 0.717) is 36.8 Å². The van der Waals surface area contributed by atoms with Crippen LogP contribution in [0.3, 0.4) is 0 Å². The zero-order valence-corrected chi connectivity index (χ0v) is 18.8. The lowest BCUT2D eigenvalue weighted by atomic mass is 10.1. The fourth-order valence-corrected chi connectivity index (χ4v) is 3.59. The molecule has 172 valence electrons. The number of amides is 1. The van der Waals surface area contributed by atoms with Gasteiger partial charge in [-0.05, 0) is 49.6 Å². The first-order valence-corrected chi connectivity index (χ1v) is 11.0. The first-order chi connectivity index (χ1) is 15.4. The van der Waals surface area contributed by atoms with Gasteiger partial charge in [-0.1, -0.05) is 19.1 Å². The Morgan fingerprint density at radius 1 is 1.22 bits per heavy atom. The number of carbonyl (C=O) groups excluding carboxylic acids is 1. The normalized spacial score (nSPS) is 17.2. The number of anilines is 1. The summed E-state index contributed by atoms with van der Waals surface area (Å²) < 4.78 is 27.2. The molecule has 3 N–H and O–H groups in total. The van der Waals surface area contributed by atoms with Crippen LogP contribution < -0.4 is 20.9 Å². The summed E-state index contributed by atoms with van der Waals surface area (Å²) in [6.45, 7) is 5.84. The molecule has 32 heavy (non-hydrogen) atoms. The third-order valence-corrected chi connectivity index (χ3v) is 5.67. The molecular formula is C24H31F2N5O. The molecule has 2 atom stereocenters. The highest BCUT2D eigenvalue weighted by molar-refractivity contribution is 5.94. The van der Waals surface area contributed by atoms with Gasteiger partial charge in [0.1, 0.15) is 11.6 Å². The molecule has 1 fully saturated rings. The zero-order chi connectivity index (χ0) is 23.1. The number of rotatable bonds is 7. The van der Waals surface area contributed by atoms with Crippen molar-refractivity contribution in [1.29, 1.82) is 0 Å². The first kappa shape index (κ1) is 23.5. The Hall–Kier alpha value is -3.16. The monoisotopic (exact) mass is 443 g/mol. The highest BCUT2D eigenvalue weighted by Crippen LogP contribution is 2.24. The molecule has 1 amide bonds. The lowest BCUT2D eigenvalue weighted by Gasteiger charge is -2.21. The van der Waals surface area contributed by atoms with Crippen LogP contribution in [0, 0.1) is 11.6 Å². The minimum absolute atomic E-state index is 0.0697. The fraction of sp³-hybridized carbons (Fsp3) is 0.417. The number of nitrogens with zero attached hydrogens (tertiary/aromatic N) is 2. The highest BCUT2D eigenvalue weighted by Gasteiger charge is 2.25. The van der Waals surface area contributed by atoms with Crippen molar-refractivity contribution in [3.8, 4) is 0 Å². The summed E-state index contributed by atoms with van der Waals surface area (Å²) in [5.74, 6) is -0.543. The van der Waals surface area contributed by atoms with Crippen LogP contribution in [-0.2, 0) is 6.54 Å². The molecule has 6 nitrogen and oxygen atoms in total. The van der Waals surface area contributed by atoms with Crippen LogP contribution in [0.15, 0.2) is 47.5 Å². The summed E-state index contributed by atoms with van der Waals surface area (Å²) in [6.07, 6.45) is 1.70. The zero-order valence-electron chi connectivity index (χ0n) is 18.8. The second kappa shape index (κ2) is 10.9. The summed E-state index contributed by atoms with van der Waals surface area (Å²) >= 11 is 0. The van der Waals surface area contributed by atoms with Crippen LogP contribution in [0.25, 0.3) is 0 Å². The molecule has 0 radical (unpaired) electrons. The third-order valence-electron chi connectivity index (χ3n) is 5.67. The van der Waals surface area contributed by atoms with Crippen molar-refractivity contribution in [2.75, 3.05) is 25.0 Å². The van der Waals surface area contributed by atoms with Gasteiger partial charge in [-0.25, -0.2) is 8.78 Å². The van der Waals surface area contributed by atoms with Gasteiger partial charge in [0.15, 0.2) is 5.96 Å². The van der Waals surface area contributed by atoms with Crippen LogP contribution in [0.4, 0.5) is 14.5 Å². The molecule has 2 aromatic rings. The maximum absolute atomic E-state index is 14.1. The molecule has 2 aromatic carbocycles. The molecule has 0 bridgehead atoms. The van der Waals surface area contributed by atoms with E-state index in [0.717, 1.165) is 24.5 Å². The molecule has 0 aliphatic carbocycles. The van der Waals surface area contributed by atoms with Crippen LogP contribution in [0.1, 0.15) is 42.6 Å². The summed E-state index contributed by atoms with van der Waals surface area (Å²) in [4.78, 5) is 18.4. The summed E-state index contributed by atoms with van der Waals surface area (Å²) in [7, 11) is 1.70.